The first-order valence-corrected chi connectivity index (χ1v) is 4.70. The van der Waals surface area contributed by atoms with E-state index in [4.69, 9.17) is 10.2 Å². The number of carbonyl (C=O) groups is 1. The van der Waals surface area contributed by atoms with Crippen LogP contribution in [0.2, 0.25) is 0 Å². The van der Waals surface area contributed by atoms with Crippen LogP contribution in [0.3, 0.4) is 0 Å². The second-order valence-electron chi connectivity index (χ2n) is 3.31. The van der Waals surface area contributed by atoms with Crippen molar-refractivity contribution < 1.29 is 20.1 Å². The Bertz CT molecular complexity index is 310. The van der Waals surface area contributed by atoms with Crippen LogP contribution in [0.4, 0.5) is 0 Å². The molecule has 0 saturated heterocycles. The summed E-state index contributed by atoms with van der Waals surface area (Å²) in [5.74, 6) is -0.254. The maximum absolute atomic E-state index is 11.5. The average Bonchev–Trinajstić information content (AvgIpc) is 2.29. The van der Waals surface area contributed by atoms with Crippen molar-refractivity contribution in [1.82, 2.24) is 0 Å². The van der Waals surface area contributed by atoms with Crippen molar-refractivity contribution in [2.75, 3.05) is 6.61 Å². The van der Waals surface area contributed by atoms with Crippen LogP contribution < -0.4 is 0 Å². The number of ketones is 1. The van der Waals surface area contributed by atoms with E-state index in [-0.39, 0.29) is 12.2 Å². The van der Waals surface area contributed by atoms with Crippen LogP contribution in [-0.2, 0) is 0 Å². The molecular weight excluding hydrogens is 196 g/mol. The first kappa shape index (κ1) is 11.8. The van der Waals surface area contributed by atoms with E-state index in [0.29, 0.717) is 5.56 Å². The molecule has 2 atom stereocenters. The number of Topliss-reactive ketones (excluding diaryl/α,β-unsaturated/α-hetero) is 1. The summed E-state index contributed by atoms with van der Waals surface area (Å²) >= 11 is 0. The number of hydrogen-bond donors (Lipinski definition) is 3. The van der Waals surface area contributed by atoms with E-state index in [1.807, 2.05) is 0 Å². The van der Waals surface area contributed by atoms with E-state index in [9.17, 15) is 9.90 Å². The molecule has 0 fully saturated rings. The minimum Gasteiger partial charge on any atom is -0.394 e. The highest BCUT2D eigenvalue weighted by Gasteiger charge is 2.19. The molecule has 0 aromatic heterocycles. The predicted octanol–water partition coefficient (Wildman–Crippen LogP) is -0.0265. The normalized spacial score (nSPS) is 14.6. The Labute approximate surface area is 87.8 Å². The largest absolute Gasteiger partial charge is 0.394 e. The molecule has 0 radical (unpaired) electrons. The van der Waals surface area contributed by atoms with E-state index in [1.54, 1.807) is 30.3 Å². The highest BCUT2D eigenvalue weighted by molar-refractivity contribution is 5.96. The lowest BCUT2D eigenvalue weighted by atomic mass is 10.0. The molecule has 4 nitrogen and oxygen atoms in total. The van der Waals surface area contributed by atoms with E-state index >= 15 is 0 Å². The molecule has 0 aliphatic heterocycles. The van der Waals surface area contributed by atoms with Crippen molar-refractivity contribution in [3.63, 3.8) is 0 Å². The molecule has 0 aliphatic carbocycles. The summed E-state index contributed by atoms with van der Waals surface area (Å²) in [6.07, 6.45) is -2.67. The van der Waals surface area contributed by atoms with Gasteiger partial charge in [-0.25, -0.2) is 0 Å². The van der Waals surface area contributed by atoms with Gasteiger partial charge in [-0.05, 0) is 0 Å². The van der Waals surface area contributed by atoms with Gasteiger partial charge >= 0.3 is 0 Å². The van der Waals surface area contributed by atoms with Crippen LogP contribution in [0, 0.1) is 0 Å². The molecule has 0 aliphatic rings. The monoisotopic (exact) mass is 210 g/mol. The van der Waals surface area contributed by atoms with Gasteiger partial charge in [-0.3, -0.25) is 4.79 Å². The fraction of sp³-hybridized carbons (Fsp3) is 0.364. The molecule has 0 amide bonds. The minimum absolute atomic E-state index is 0.189. The summed E-state index contributed by atoms with van der Waals surface area (Å²) in [4.78, 5) is 11.5. The van der Waals surface area contributed by atoms with Crippen molar-refractivity contribution in [3.8, 4) is 0 Å². The Hall–Kier alpha value is -1.23. The molecule has 82 valence electrons. The van der Waals surface area contributed by atoms with Crippen LogP contribution in [-0.4, -0.2) is 39.9 Å². The number of carbonyl (C=O) groups excluding carboxylic acids is 1. The van der Waals surface area contributed by atoms with E-state index in [0.717, 1.165) is 0 Å². The Balaban J connectivity index is 2.57. The zero-order valence-corrected chi connectivity index (χ0v) is 8.21. The van der Waals surface area contributed by atoms with E-state index in [2.05, 4.69) is 0 Å². The second kappa shape index (κ2) is 5.60. The Morgan fingerprint density at radius 3 is 2.27 bits per heavy atom. The average molecular weight is 210 g/mol. The summed E-state index contributed by atoms with van der Waals surface area (Å²) in [5, 5.41) is 27.0. The predicted molar refractivity (Wildman–Crippen MR) is 54.5 cm³/mol. The second-order valence-corrected chi connectivity index (χ2v) is 3.31. The molecule has 0 saturated carbocycles. The first-order chi connectivity index (χ1) is 7.15. The molecule has 3 N–H and O–H groups in total. The minimum atomic E-state index is -1.27. The molecule has 1 aromatic carbocycles. The van der Waals surface area contributed by atoms with Crippen LogP contribution in [0.5, 0.6) is 0 Å². The van der Waals surface area contributed by atoms with Crippen LogP contribution in [0.25, 0.3) is 0 Å². The third-order valence-electron chi connectivity index (χ3n) is 2.12. The SMILES string of the molecule is O=C(C[C@H](O)[C@H](O)CO)c1ccccc1. The van der Waals surface area contributed by atoms with Crippen molar-refractivity contribution in [1.29, 1.82) is 0 Å². The molecule has 0 bridgehead atoms. The Kier molecular flexibility index (Phi) is 4.42. The van der Waals surface area contributed by atoms with Gasteiger partial charge in [-0.2, -0.15) is 0 Å². The van der Waals surface area contributed by atoms with Crippen molar-refractivity contribution in [3.05, 3.63) is 35.9 Å². The molecule has 1 aromatic rings. The zero-order chi connectivity index (χ0) is 11.3. The van der Waals surface area contributed by atoms with Crippen molar-refractivity contribution in [2.24, 2.45) is 0 Å². The number of hydrogen-bond acceptors (Lipinski definition) is 4. The Morgan fingerprint density at radius 2 is 1.73 bits per heavy atom. The summed E-state index contributed by atoms with van der Waals surface area (Å²) in [6.45, 7) is -0.552. The van der Waals surface area contributed by atoms with Crippen LogP contribution in [0.1, 0.15) is 16.8 Å². The van der Waals surface area contributed by atoms with Gasteiger partial charge in [-0.15, -0.1) is 0 Å². The number of aliphatic hydroxyl groups excluding tert-OH is 3. The molecule has 15 heavy (non-hydrogen) atoms. The summed E-state index contributed by atoms with van der Waals surface area (Å²) in [5.41, 5.74) is 0.488. The number of rotatable bonds is 5. The summed E-state index contributed by atoms with van der Waals surface area (Å²) < 4.78 is 0. The van der Waals surface area contributed by atoms with Gasteiger partial charge in [0.2, 0.25) is 0 Å². The highest BCUT2D eigenvalue weighted by atomic mass is 16.4. The van der Waals surface area contributed by atoms with Gasteiger partial charge in [0.15, 0.2) is 5.78 Å². The van der Waals surface area contributed by atoms with E-state index in [1.165, 1.54) is 0 Å². The van der Waals surface area contributed by atoms with Crippen molar-refractivity contribution >= 4 is 5.78 Å². The van der Waals surface area contributed by atoms with Crippen LogP contribution in [0.15, 0.2) is 30.3 Å². The van der Waals surface area contributed by atoms with Gasteiger partial charge in [0.1, 0.15) is 6.10 Å². The molecule has 0 spiro atoms. The standard InChI is InChI=1S/C11H14O4/c12-7-11(15)10(14)6-9(13)8-4-2-1-3-5-8/h1-5,10-12,14-15H,6-7H2/t10-,11+/m0/s1. The molecule has 0 heterocycles. The Morgan fingerprint density at radius 1 is 1.13 bits per heavy atom. The van der Waals surface area contributed by atoms with Gasteiger partial charge in [-0.1, -0.05) is 30.3 Å². The quantitative estimate of drug-likeness (QED) is 0.596. The molecule has 1 rings (SSSR count). The van der Waals surface area contributed by atoms with Gasteiger partial charge < -0.3 is 15.3 Å². The zero-order valence-electron chi connectivity index (χ0n) is 8.21. The lowest BCUT2D eigenvalue weighted by Crippen LogP contribution is -2.31. The lowest BCUT2D eigenvalue weighted by Gasteiger charge is -2.14. The third-order valence-corrected chi connectivity index (χ3v) is 2.12. The number of benzene rings is 1. The topological polar surface area (TPSA) is 77.8 Å². The van der Waals surface area contributed by atoms with Gasteiger partial charge in [0.25, 0.3) is 0 Å². The maximum atomic E-state index is 11.5. The summed E-state index contributed by atoms with van der Waals surface area (Å²) in [7, 11) is 0. The van der Waals surface area contributed by atoms with Gasteiger partial charge in [0.05, 0.1) is 12.7 Å². The third kappa shape index (κ3) is 3.43. The molecular formula is C11H14O4. The van der Waals surface area contributed by atoms with Crippen LogP contribution >= 0.6 is 0 Å². The van der Waals surface area contributed by atoms with E-state index < -0.39 is 18.8 Å². The molecule has 0 unspecified atom stereocenters. The van der Waals surface area contributed by atoms with Crippen molar-refractivity contribution in [2.45, 2.75) is 18.6 Å². The lowest BCUT2D eigenvalue weighted by molar-refractivity contribution is -0.0147. The fourth-order valence-electron chi connectivity index (χ4n) is 1.19. The summed E-state index contributed by atoms with van der Waals surface area (Å²) in [6, 6.07) is 8.51. The maximum Gasteiger partial charge on any atom is 0.165 e. The number of aliphatic hydroxyl groups is 3. The molecule has 4 heteroatoms. The smallest absolute Gasteiger partial charge is 0.165 e. The fourth-order valence-corrected chi connectivity index (χ4v) is 1.19. The first-order valence-electron chi connectivity index (χ1n) is 4.70. The highest BCUT2D eigenvalue weighted by Crippen LogP contribution is 2.07. The van der Waals surface area contributed by atoms with Gasteiger partial charge in [0, 0.05) is 12.0 Å².